The Kier molecular flexibility index (Phi) is 3.56. The molecular formula is C14H14BrN3O2. The van der Waals surface area contributed by atoms with Crippen LogP contribution in [0.5, 0.6) is 0 Å². The number of aryl methyl sites for hydroxylation is 1. The maximum absolute atomic E-state index is 12.0. The number of carbonyl (C=O) groups is 1. The maximum Gasteiger partial charge on any atom is 0.224 e. The number of rotatable bonds is 4. The fourth-order valence-corrected chi connectivity index (χ4v) is 2.54. The molecule has 2 aromatic rings. The molecule has 0 aliphatic heterocycles. The van der Waals surface area contributed by atoms with E-state index in [1.807, 2.05) is 12.1 Å². The number of benzene rings is 1. The molecule has 20 heavy (non-hydrogen) atoms. The third-order valence-electron chi connectivity index (χ3n) is 3.42. The zero-order valence-electron chi connectivity index (χ0n) is 11.0. The molecule has 2 unspecified atom stereocenters. The lowest BCUT2D eigenvalue weighted by molar-refractivity contribution is -0.122. The Morgan fingerprint density at radius 2 is 2.20 bits per heavy atom. The fourth-order valence-electron chi connectivity index (χ4n) is 2.27. The number of aromatic nitrogens is 2. The first-order valence-electron chi connectivity index (χ1n) is 6.46. The zero-order valence-corrected chi connectivity index (χ0v) is 12.6. The average Bonchev–Trinajstić information content (AvgIpc) is 3.13. The summed E-state index contributed by atoms with van der Waals surface area (Å²) in [7, 11) is 0. The number of halogens is 1. The number of nitrogens with one attached hydrogen (secondary N) is 1. The van der Waals surface area contributed by atoms with Gasteiger partial charge in [-0.3, -0.25) is 4.79 Å². The minimum atomic E-state index is 0.0559. The Labute approximate surface area is 124 Å². The minimum Gasteiger partial charge on any atom is -0.348 e. The molecule has 1 heterocycles. The lowest BCUT2D eigenvalue weighted by Crippen LogP contribution is -2.25. The van der Waals surface area contributed by atoms with E-state index < -0.39 is 0 Å². The van der Waals surface area contributed by atoms with Crippen molar-refractivity contribution in [1.29, 1.82) is 0 Å². The molecule has 1 N–H and O–H groups in total. The van der Waals surface area contributed by atoms with Crippen molar-refractivity contribution in [3.8, 4) is 0 Å². The molecular weight excluding hydrogens is 322 g/mol. The normalized spacial score (nSPS) is 20.7. The van der Waals surface area contributed by atoms with Crippen molar-refractivity contribution in [3.05, 3.63) is 46.0 Å². The molecule has 1 aliphatic carbocycles. The highest BCUT2D eigenvalue weighted by Gasteiger charge is 2.43. The van der Waals surface area contributed by atoms with E-state index in [1.165, 1.54) is 5.56 Å². The van der Waals surface area contributed by atoms with Gasteiger partial charge in [-0.25, -0.2) is 0 Å². The third-order valence-corrected chi connectivity index (χ3v) is 3.94. The minimum absolute atomic E-state index is 0.0559. The highest BCUT2D eigenvalue weighted by Crippen LogP contribution is 2.47. The van der Waals surface area contributed by atoms with Crippen LogP contribution < -0.4 is 5.32 Å². The zero-order chi connectivity index (χ0) is 14.1. The quantitative estimate of drug-likeness (QED) is 0.932. The molecule has 1 aromatic heterocycles. The van der Waals surface area contributed by atoms with Crippen LogP contribution in [-0.4, -0.2) is 16.0 Å². The Bertz CT molecular complexity index is 624. The highest BCUT2D eigenvalue weighted by molar-refractivity contribution is 9.10. The van der Waals surface area contributed by atoms with Gasteiger partial charge in [-0.15, -0.1) is 0 Å². The standard InChI is InChI=1S/C14H14BrN3O2/c1-8-17-13(18-20-8)7-16-14(19)12-6-11(12)9-2-4-10(15)5-3-9/h2-5,11-12H,6-7H2,1H3,(H,16,19). The molecule has 2 atom stereocenters. The van der Waals surface area contributed by atoms with Gasteiger partial charge in [0.15, 0.2) is 5.82 Å². The summed E-state index contributed by atoms with van der Waals surface area (Å²) in [6.45, 7) is 2.04. The van der Waals surface area contributed by atoms with Gasteiger partial charge >= 0.3 is 0 Å². The Morgan fingerprint density at radius 1 is 1.45 bits per heavy atom. The number of nitrogens with zero attached hydrogens (tertiary/aromatic N) is 2. The number of hydrogen-bond acceptors (Lipinski definition) is 4. The topological polar surface area (TPSA) is 68.0 Å². The van der Waals surface area contributed by atoms with Crippen LogP contribution in [0.15, 0.2) is 33.3 Å². The molecule has 1 amide bonds. The lowest BCUT2D eigenvalue weighted by Gasteiger charge is -2.02. The summed E-state index contributed by atoms with van der Waals surface area (Å²) in [4.78, 5) is 16.1. The van der Waals surface area contributed by atoms with Crippen LogP contribution in [-0.2, 0) is 11.3 Å². The number of hydrogen-bond donors (Lipinski definition) is 1. The Morgan fingerprint density at radius 3 is 2.85 bits per heavy atom. The Hall–Kier alpha value is -1.69. The number of carbonyl (C=O) groups excluding carboxylic acids is 1. The molecule has 1 fully saturated rings. The summed E-state index contributed by atoms with van der Waals surface area (Å²) in [5.74, 6) is 1.46. The van der Waals surface area contributed by atoms with Crippen molar-refractivity contribution in [3.63, 3.8) is 0 Å². The van der Waals surface area contributed by atoms with Gasteiger partial charge in [-0.2, -0.15) is 4.98 Å². The van der Waals surface area contributed by atoms with E-state index in [2.05, 4.69) is 43.5 Å². The number of amides is 1. The van der Waals surface area contributed by atoms with Crippen LogP contribution in [0.4, 0.5) is 0 Å². The van der Waals surface area contributed by atoms with Crippen molar-refractivity contribution < 1.29 is 9.32 Å². The molecule has 1 saturated carbocycles. The van der Waals surface area contributed by atoms with Gasteiger partial charge in [0, 0.05) is 17.3 Å². The summed E-state index contributed by atoms with van der Waals surface area (Å²) >= 11 is 3.41. The van der Waals surface area contributed by atoms with Gasteiger partial charge in [-0.1, -0.05) is 33.2 Å². The first-order valence-corrected chi connectivity index (χ1v) is 7.25. The van der Waals surface area contributed by atoms with Crippen molar-refractivity contribution >= 4 is 21.8 Å². The highest BCUT2D eigenvalue weighted by atomic mass is 79.9. The van der Waals surface area contributed by atoms with Crippen molar-refractivity contribution in [2.45, 2.75) is 25.8 Å². The van der Waals surface area contributed by atoms with Gasteiger partial charge in [0.25, 0.3) is 0 Å². The van der Waals surface area contributed by atoms with Crippen LogP contribution in [0.25, 0.3) is 0 Å². The predicted molar refractivity (Wildman–Crippen MR) is 75.9 cm³/mol. The van der Waals surface area contributed by atoms with Gasteiger partial charge in [0.05, 0.1) is 6.54 Å². The molecule has 1 aliphatic rings. The molecule has 5 nitrogen and oxygen atoms in total. The summed E-state index contributed by atoms with van der Waals surface area (Å²) < 4.78 is 5.91. The second-order valence-corrected chi connectivity index (χ2v) is 5.86. The van der Waals surface area contributed by atoms with Crippen LogP contribution in [0.2, 0.25) is 0 Å². The summed E-state index contributed by atoms with van der Waals surface area (Å²) in [6, 6.07) is 8.13. The monoisotopic (exact) mass is 335 g/mol. The third kappa shape index (κ3) is 2.90. The van der Waals surface area contributed by atoms with Gasteiger partial charge in [-0.05, 0) is 30.0 Å². The van der Waals surface area contributed by atoms with Gasteiger partial charge in [0.1, 0.15) is 0 Å². The van der Waals surface area contributed by atoms with E-state index in [-0.39, 0.29) is 11.8 Å². The molecule has 0 spiro atoms. The van der Waals surface area contributed by atoms with Crippen LogP contribution in [0.3, 0.4) is 0 Å². The average molecular weight is 336 g/mol. The van der Waals surface area contributed by atoms with E-state index >= 15 is 0 Å². The molecule has 0 radical (unpaired) electrons. The SMILES string of the molecule is Cc1nc(CNC(=O)C2CC2c2ccc(Br)cc2)no1. The lowest BCUT2D eigenvalue weighted by atomic mass is 10.1. The smallest absolute Gasteiger partial charge is 0.224 e. The van der Waals surface area contributed by atoms with Crippen LogP contribution in [0, 0.1) is 12.8 Å². The van der Waals surface area contributed by atoms with Crippen LogP contribution in [0.1, 0.15) is 29.6 Å². The predicted octanol–water partition coefficient (Wildman–Crippen LogP) is 2.56. The largest absolute Gasteiger partial charge is 0.348 e. The first kappa shape index (κ1) is 13.3. The van der Waals surface area contributed by atoms with Crippen molar-refractivity contribution in [1.82, 2.24) is 15.5 Å². The summed E-state index contributed by atoms with van der Waals surface area (Å²) in [5.41, 5.74) is 1.21. The fraction of sp³-hybridized carbons (Fsp3) is 0.357. The van der Waals surface area contributed by atoms with E-state index in [9.17, 15) is 4.79 Å². The summed E-state index contributed by atoms with van der Waals surface area (Å²) in [6.07, 6.45) is 0.902. The van der Waals surface area contributed by atoms with Crippen molar-refractivity contribution in [2.24, 2.45) is 5.92 Å². The first-order chi connectivity index (χ1) is 9.63. The Balaban J connectivity index is 1.53. The van der Waals surface area contributed by atoms with E-state index in [0.717, 1.165) is 10.9 Å². The summed E-state index contributed by atoms with van der Waals surface area (Å²) in [5, 5.41) is 6.60. The van der Waals surface area contributed by atoms with Gasteiger partial charge < -0.3 is 9.84 Å². The molecule has 1 aromatic carbocycles. The molecule has 6 heteroatoms. The molecule has 0 bridgehead atoms. The second-order valence-electron chi connectivity index (χ2n) is 4.95. The molecule has 0 saturated heterocycles. The van der Waals surface area contributed by atoms with Crippen LogP contribution >= 0.6 is 15.9 Å². The van der Waals surface area contributed by atoms with Crippen molar-refractivity contribution in [2.75, 3.05) is 0 Å². The van der Waals surface area contributed by atoms with E-state index in [0.29, 0.717) is 24.2 Å². The molecule has 3 rings (SSSR count). The maximum atomic E-state index is 12.0. The molecule has 104 valence electrons. The van der Waals surface area contributed by atoms with E-state index in [4.69, 9.17) is 4.52 Å². The van der Waals surface area contributed by atoms with Gasteiger partial charge in [0.2, 0.25) is 11.8 Å². The van der Waals surface area contributed by atoms with E-state index in [1.54, 1.807) is 6.92 Å². The second kappa shape index (κ2) is 5.36.